The molecule has 3 aromatic carbocycles. The molecule has 0 aliphatic heterocycles. The van der Waals surface area contributed by atoms with Gasteiger partial charge in [-0.05, 0) is 64.4 Å². The summed E-state index contributed by atoms with van der Waals surface area (Å²) in [5.74, 6) is -0.0312. The molecule has 0 bridgehead atoms. The van der Waals surface area contributed by atoms with Crippen LogP contribution < -0.4 is 15.4 Å². The quantitative estimate of drug-likeness (QED) is 0.247. The van der Waals surface area contributed by atoms with Crippen LogP contribution in [-0.2, 0) is 10.2 Å². The van der Waals surface area contributed by atoms with Crippen molar-refractivity contribution in [3.05, 3.63) is 83.9 Å². The first-order chi connectivity index (χ1) is 18.1. The van der Waals surface area contributed by atoms with Gasteiger partial charge in [0.25, 0.3) is 5.91 Å². The van der Waals surface area contributed by atoms with E-state index in [2.05, 4.69) is 81.7 Å². The number of aliphatic carboxylic acids is 1. The van der Waals surface area contributed by atoms with Gasteiger partial charge in [-0.25, -0.2) is 0 Å². The molecule has 0 fully saturated rings. The highest BCUT2D eigenvalue weighted by atomic mass is 16.5. The molecule has 0 heterocycles. The fourth-order valence-electron chi connectivity index (χ4n) is 4.04. The number of benzene rings is 3. The molecule has 6 nitrogen and oxygen atoms in total. The lowest BCUT2D eigenvalue weighted by molar-refractivity contribution is -0.136. The van der Waals surface area contributed by atoms with E-state index >= 15 is 0 Å². The first kappa shape index (κ1) is 28.8. The SMILES string of the molecule is CCC(C)C(COc1ccc(-c2ccc(C(C)(C)C)cc2)cc1)Nc1ccc(C(=O)NCCC(=O)O)cc1. The second-order valence-corrected chi connectivity index (χ2v) is 10.8. The Morgan fingerprint density at radius 3 is 2.00 bits per heavy atom. The summed E-state index contributed by atoms with van der Waals surface area (Å²) in [7, 11) is 0. The van der Waals surface area contributed by atoms with Crippen LogP contribution >= 0.6 is 0 Å². The van der Waals surface area contributed by atoms with E-state index in [0.717, 1.165) is 23.4 Å². The van der Waals surface area contributed by atoms with Crippen molar-refractivity contribution >= 4 is 17.6 Å². The molecule has 3 rings (SSSR count). The van der Waals surface area contributed by atoms with Crippen LogP contribution in [-0.4, -0.2) is 36.2 Å². The minimum atomic E-state index is -0.940. The Bertz CT molecular complexity index is 1180. The van der Waals surface area contributed by atoms with Crippen LogP contribution in [0.5, 0.6) is 5.75 Å². The third-order valence-electron chi connectivity index (χ3n) is 6.82. The van der Waals surface area contributed by atoms with Crippen LogP contribution in [0.2, 0.25) is 0 Å². The number of rotatable bonds is 12. The molecule has 1 amide bonds. The monoisotopic (exact) mass is 516 g/mol. The number of carbonyl (C=O) groups is 2. The molecule has 0 aliphatic rings. The second kappa shape index (κ2) is 13.1. The molecule has 3 aromatic rings. The summed E-state index contributed by atoms with van der Waals surface area (Å²) >= 11 is 0. The van der Waals surface area contributed by atoms with Gasteiger partial charge in [0, 0.05) is 17.8 Å². The Labute approximate surface area is 226 Å². The molecule has 2 unspecified atom stereocenters. The van der Waals surface area contributed by atoms with Crippen LogP contribution in [0, 0.1) is 5.92 Å². The van der Waals surface area contributed by atoms with Crippen LogP contribution in [0.1, 0.15) is 63.4 Å². The Morgan fingerprint density at radius 2 is 1.47 bits per heavy atom. The molecule has 3 N–H and O–H groups in total. The molecular weight excluding hydrogens is 476 g/mol. The average molecular weight is 517 g/mol. The van der Waals surface area contributed by atoms with Gasteiger partial charge in [0.2, 0.25) is 0 Å². The molecule has 0 spiro atoms. The summed E-state index contributed by atoms with van der Waals surface area (Å²) in [6.07, 6.45) is 0.893. The molecule has 2 atom stereocenters. The molecule has 0 aliphatic carbocycles. The van der Waals surface area contributed by atoms with Crippen molar-refractivity contribution in [3.63, 3.8) is 0 Å². The topological polar surface area (TPSA) is 87.7 Å². The summed E-state index contributed by atoms with van der Waals surface area (Å²) in [5.41, 5.74) is 5.18. The Kier molecular flexibility index (Phi) is 9.94. The predicted octanol–water partition coefficient (Wildman–Crippen LogP) is 6.76. The Morgan fingerprint density at radius 1 is 0.895 bits per heavy atom. The first-order valence-corrected chi connectivity index (χ1v) is 13.3. The third-order valence-corrected chi connectivity index (χ3v) is 6.82. The number of ether oxygens (including phenoxy) is 1. The van der Waals surface area contributed by atoms with Gasteiger partial charge in [0.05, 0.1) is 12.5 Å². The lowest BCUT2D eigenvalue weighted by atomic mass is 9.86. The van der Waals surface area contributed by atoms with Gasteiger partial charge in [-0.2, -0.15) is 0 Å². The highest BCUT2D eigenvalue weighted by Crippen LogP contribution is 2.27. The first-order valence-electron chi connectivity index (χ1n) is 13.3. The molecule has 0 saturated carbocycles. The zero-order chi connectivity index (χ0) is 27.7. The number of carboxylic acids is 1. The van der Waals surface area contributed by atoms with Gasteiger partial charge < -0.3 is 20.5 Å². The van der Waals surface area contributed by atoms with Gasteiger partial charge in [-0.3, -0.25) is 9.59 Å². The summed E-state index contributed by atoms with van der Waals surface area (Å²) < 4.78 is 6.17. The van der Waals surface area contributed by atoms with Gasteiger partial charge in [0.15, 0.2) is 0 Å². The van der Waals surface area contributed by atoms with Crippen LogP contribution in [0.15, 0.2) is 72.8 Å². The number of hydrogen-bond acceptors (Lipinski definition) is 4. The minimum absolute atomic E-state index is 0.0832. The molecule has 0 aromatic heterocycles. The number of carboxylic acid groups (broad SMARTS) is 1. The fourth-order valence-corrected chi connectivity index (χ4v) is 4.04. The smallest absolute Gasteiger partial charge is 0.305 e. The van der Waals surface area contributed by atoms with E-state index in [-0.39, 0.29) is 30.3 Å². The minimum Gasteiger partial charge on any atom is -0.491 e. The van der Waals surface area contributed by atoms with Crippen LogP contribution in [0.3, 0.4) is 0 Å². The normalized spacial score (nSPS) is 12.9. The van der Waals surface area contributed by atoms with E-state index in [9.17, 15) is 9.59 Å². The largest absolute Gasteiger partial charge is 0.491 e. The average Bonchev–Trinajstić information content (AvgIpc) is 2.90. The Balaban J connectivity index is 1.58. The number of anilines is 1. The third kappa shape index (κ3) is 8.37. The van der Waals surface area contributed by atoms with Crippen molar-refractivity contribution in [2.75, 3.05) is 18.5 Å². The number of amides is 1. The fraction of sp³-hybridized carbons (Fsp3) is 0.375. The van der Waals surface area contributed by atoms with Crippen molar-refractivity contribution in [1.82, 2.24) is 5.32 Å². The summed E-state index contributed by atoms with van der Waals surface area (Å²) in [6.45, 7) is 11.6. The number of carbonyl (C=O) groups excluding carboxylic acids is 1. The lowest BCUT2D eigenvalue weighted by Gasteiger charge is -2.25. The number of nitrogens with one attached hydrogen (secondary N) is 2. The van der Waals surface area contributed by atoms with Crippen molar-refractivity contribution < 1.29 is 19.4 Å². The van der Waals surface area contributed by atoms with E-state index in [4.69, 9.17) is 9.84 Å². The van der Waals surface area contributed by atoms with Gasteiger partial charge >= 0.3 is 5.97 Å². The van der Waals surface area contributed by atoms with E-state index < -0.39 is 5.97 Å². The zero-order valence-corrected chi connectivity index (χ0v) is 23.1. The second-order valence-electron chi connectivity index (χ2n) is 10.8. The molecule has 6 heteroatoms. The molecule has 38 heavy (non-hydrogen) atoms. The van der Waals surface area contributed by atoms with E-state index in [0.29, 0.717) is 18.1 Å². The summed E-state index contributed by atoms with van der Waals surface area (Å²) in [4.78, 5) is 22.8. The summed E-state index contributed by atoms with van der Waals surface area (Å²) in [6, 6.07) is 24.2. The van der Waals surface area contributed by atoms with Crippen LogP contribution in [0.25, 0.3) is 11.1 Å². The number of hydrogen-bond donors (Lipinski definition) is 3. The van der Waals surface area contributed by atoms with E-state index in [1.54, 1.807) is 12.1 Å². The van der Waals surface area contributed by atoms with Crippen LogP contribution in [0.4, 0.5) is 5.69 Å². The maximum Gasteiger partial charge on any atom is 0.305 e. The van der Waals surface area contributed by atoms with Crippen molar-refractivity contribution in [1.29, 1.82) is 0 Å². The Hall–Kier alpha value is -3.80. The van der Waals surface area contributed by atoms with Crippen molar-refractivity contribution in [3.8, 4) is 16.9 Å². The zero-order valence-electron chi connectivity index (χ0n) is 23.1. The molecule has 0 radical (unpaired) electrons. The molecule has 0 saturated heterocycles. The van der Waals surface area contributed by atoms with E-state index in [1.165, 1.54) is 11.1 Å². The maximum atomic E-state index is 12.2. The summed E-state index contributed by atoms with van der Waals surface area (Å²) in [5, 5.41) is 14.9. The highest BCUT2D eigenvalue weighted by Gasteiger charge is 2.18. The van der Waals surface area contributed by atoms with E-state index in [1.807, 2.05) is 24.3 Å². The lowest BCUT2D eigenvalue weighted by Crippen LogP contribution is -2.33. The van der Waals surface area contributed by atoms with Gasteiger partial charge in [0.1, 0.15) is 12.4 Å². The van der Waals surface area contributed by atoms with Crippen molar-refractivity contribution in [2.45, 2.75) is 58.9 Å². The van der Waals surface area contributed by atoms with Gasteiger partial charge in [-0.1, -0.05) is 77.4 Å². The predicted molar refractivity (Wildman–Crippen MR) is 154 cm³/mol. The standard InChI is InChI=1S/C32H40N2O4/c1-6-22(2)29(34-27-15-9-25(10-16-27)31(37)33-20-19-30(35)36)21-38-28-17-11-24(12-18-28)23-7-13-26(14-8-23)32(3,4)5/h7-18,22,29,34H,6,19-21H2,1-5H3,(H,33,37)(H,35,36). The maximum absolute atomic E-state index is 12.2. The highest BCUT2D eigenvalue weighted by molar-refractivity contribution is 5.94. The molecule has 202 valence electrons. The van der Waals surface area contributed by atoms with Crippen molar-refractivity contribution in [2.24, 2.45) is 5.92 Å². The molecular formula is C32H40N2O4. The van der Waals surface area contributed by atoms with Gasteiger partial charge in [-0.15, -0.1) is 0 Å².